The Morgan fingerprint density at radius 2 is 2.11 bits per heavy atom. The highest BCUT2D eigenvalue weighted by Crippen LogP contribution is 2.31. The molecule has 1 heterocycles. The lowest BCUT2D eigenvalue weighted by Gasteiger charge is -2.06. The fourth-order valence-corrected chi connectivity index (χ4v) is 1.50. The molecule has 18 heavy (non-hydrogen) atoms. The summed E-state index contributed by atoms with van der Waals surface area (Å²) in [4.78, 5) is 13.9. The summed E-state index contributed by atoms with van der Waals surface area (Å²) in [6.07, 6.45) is 0. The van der Waals surface area contributed by atoms with Crippen molar-refractivity contribution in [3.8, 4) is 11.6 Å². The smallest absolute Gasteiger partial charge is 0.271 e. The Morgan fingerprint density at radius 1 is 1.33 bits per heavy atom. The van der Waals surface area contributed by atoms with Crippen LogP contribution in [0.3, 0.4) is 0 Å². The molecule has 0 radical (unpaired) electrons. The third-order valence-electron chi connectivity index (χ3n) is 2.09. The molecular weight excluding hydrogens is 258 g/mol. The molecule has 0 aliphatic rings. The van der Waals surface area contributed by atoms with Crippen molar-refractivity contribution < 1.29 is 9.66 Å². The Hall–Kier alpha value is -2.34. The Morgan fingerprint density at radius 3 is 2.72 bits per heavy atom. The van der Waals surface area contributed by atoms with E-state index in [-0.39, 0.29) is 22.3 Å². The lowest BCUT2D eigenvalue weighted by Crippen LogP contribution is -1.94. The minimum absolute atomic E-state index is 0.104. The van der Waals surface area contributed by atoms with Crippen LogP contribution in [0.4, 0.5) is 11.5 Å². The van der Waals surface area contributed by atoms with E-state index in [0.717, 1.165) is 0 Å². The summed E-state index contributed by atoms with van der Waals surface area (Å²) in [6.45, 7) is 0. The van der Waals surface area contributed by atoms with Crippen LogP contribution in [0.1, 0.15) is 0 Å². The summed E-state index contributed by atoms with van der Waals surface area (Å²) < 4.78 is 5.38. The van der Waals surface area contributed by atoms with Crippen molar-refractivity contribution in [2.45, 2.75) is 0 Å². The Labute approximate surface area is 107 Å². The molecule has 0 saturated heterocycles. The zero-order valence-corrected chi connectivity index (χ0v) is 9.79. The minimum atomic E-state index is -0.533. The van der Waals surface area contributed by atoms with Gasteiger partial charge >= 0.3 is 0 Å². The van der Waals surface area contributed by atoms with Crippen LogP contribution in [0.25, 0.3) is 0 Å². The summed E-state index contributed by atoms with van der Waals surface area (Å²) in [6, 6.07) is 8.82. The number of aromatic nitrogens is 1. The molecule has 0 unspecified atom stereocenters. The first-order valence-corrected chi connectivity index (χ1v) is 5.28. The maximum atomic E-state index is 10.5. The molecule has 2 aromatic rings. The lowest BCUT2D eigenvalue weighted by atomic mass is 10.3. The maximum Gasteiger partial charge on any atom is 0.271 e. The Balaban J connectivity index is 2.27. The van der Waals surface area contributed by atoms with Gasteiger partial charge in [-0.15, -0.1) is 0 Å². The second-order valence-corrected chi connectivity index (χ2v) is 3.78. The fourth-order valence-electron chi connectivity index (χ4n) is 1.29. The van der Waals surface area contributed by atoms with Gasteiger partial charge in [-0.3, -0.25) is 10.1 Å². The van der Waals surface area contributed by atoms with Crippen LogP contribution in [0.5, 0.6) is 11.6 Å². The number of non-ortho nitro benzene ring substituents is 1. The van der Waals surface area contributed by atoms with Crippen LogP contribution in [0.15, 0.2) is 36.4 Å². The molecule has 0 saturated carbocycles. The number of nitro groups is 1. The average molecular weight is 266 g/mol. The van der Waals surface area contributed by atoms with E-state index in [2.05, 4.69) is 4.98 Å². The number of hydrogen-bond donors (Lipinski definition) is 1. The van der Waals surface area contributed by atoms with E-state index in [1.54, 1.807) is 18.2 Å². The van der Waals surface area contributed by atoms with Crippen LogP contribution < -0.4 is 10.5 Å². The van der Waals surface area contributed by atoms with Crippen LogP contribution in [-0.2, 0) is 0 Å². The monoisotopic (exact) mass is 265 g/mol. The van der Waals surface area contributed by atoms with E-state index in [4.69, 9.17) is 22.1 Å². The molecule has 6 nitrogen and oxygen atoms in total. The van der Waals surface area contributed by atoms with Gasteiger partial charge in [-0.2, -0.15) is 4.98 Å². The highest BCUT2D eigenvalue weighted by molar-refractivity contribution is 6.32. The van der Waals surface area contributed by atoms with Crippen molar-refractivity contribution in [3.05, 3.63) is 51.5 Å². The van der Waals surface area contributed by atoms with E-state index >= 15 is 0 Å². The minimum Gasteiger partial charge on any atom is -0.437 e. The van der Waals surface area contributed by atoms with Crippen molar-refractivity contribution in [1.82, 2.24) is 4.98 Å². The summed E-state index contributed by atoms with van der Waals surface area (Å²) in [5.41, 5.74) is 5.40. The molecule has 7 heteroatoms. The first-order valence-electron chi connectivity index (χ1n) is 4.90. The van der Waals surface area contributed by atoms with Crippen LogP contribution in [0.2, 0.25) is 5.02 Å². The van der Waals surface area contributed by atoms with Gasteiger partial charge in [0.2, 0.25) is 5.88 Å². The molecule has 92 valence electrons. The second kappa shape index (κ2) is 4.89. The number of nitrogens with two attached hydrogens (primary N) is 1. The van der Waals surface area contributed by atoms with Crippen LogP contribution in [-0.4, -0.2) is 9.91 Å². The molecule has 0 aliphatic heterocycles. The zero-order valence-electron chi connectivity index (χ0n) is 9.04. The molecule has 0 spiro atoms. The number of halogens is 1. The van der Waals surface area contributed by atoms with Crippen molar-refractivity contribution in [2.75, 3.05) is 5.73 Å². The van der Waals surface area contributed by atoms with Crippen molar-refractivity contribution in [1.29, 1.82) is 0 Å². The van der Waals surface area contributed by atoms with Crippen molar-refractivity contribution >= 4 is 23.1 Å². The van der Waals surface area contributed by atoms with Crippen molar-refractivity contribution in [3.63, 3.8) is 0 Å². The summed E-state index contributed by atoms with van der Waals surface area (Å²) in [7, 11) is 0. The van der Waals surface area contributed by atoms with Crippen molar-refractivity contribution in [2.24, 2.45) is 0 Å². The van der Waals surface area contributed by atoms with E-state index in [1.165, 1.54) is 18.2 Å². The van der Waals surface area contributed by atoms with Crippen LogP contribution in [0, 0.1) is 10.1 Å². The predicted octanol–water partition coefficient (Wildman–Crippen LogP) is 3.02. The molecule has 1 aromatic heterocycles. The number of benzene rings is 1. The second-order valence-electron chi connectivity index (χ2n) is 3.37. The van der Waals surface area contributed by atoms with Gasteiger partial charge in [0.15, 0.2) is 0 Å². The molecule has 0 fully saturated rings. The number of hydrogen-bond acceptors (Lipinski definition) is 5. The number of rotatable bonds is 3. The third kappa shape index (κ3) is 2.67. The quantitative estimate of drug-likeness (QED) is 0.680. The molecule has 2 rings (SSSR count). The molecule has 2 N–H and O–H groups in total. The SMILES string of the molecule is Nc1cccc(Oc2ccc([N+](=O)[O-])cc2Cl)n1. The highest BCUT2D eigenvalue weighted by Gasteiger charge is 2.11. The number of ether oxygens (including phenoxy) is 1. The van der Waals surface area contributed by atoms with E-state index in [9.17, 15) is 10.1 Å². The zero-order chi connectivity index (χ0) is 13.1. The lowest BCUT2D eigenvalue weighted by molar-refractivity contribution is -0.384. The first kappa shape index (κ1) is 12.1. The molecule has 0 atom stereocenters. The van der Waals surface area contributed by atoms with E-state index < -0.39 is 4.92 Å². The van der Waals surface area contributed by atoms with Gasteiger partial charge in [-0.1, -0.05) is 17.7 Å². The molecule has 0 bridgehead atoms. The number of nitro benzene ring substituents is 1. The maximum absolute atomic E-state index is 10.5. The van der Waals surface area contributed by atoms with E-state index in [1.807, 2.05) is 0 Å². The van der Waals surface area contributed by atoms with Gasteiger partial charge in [0.25, 0.3) is 5.69 Å². The standard InChI is InChI=1S/C11H8ClN3O3/c12-8-6-7(15(16)17)4-5-9(8)18-11-3-1-2-10(13)14-11/h1-6H,(H2,13,14). The average Bonchev–Trinajstić information content (AvgIpc) is 2.31. The van der Waals surface area contributed by atoms with E-state index in [0.29, 0.717) is 5.82 Å². The molecule has 0 aliphatic carbocycles. The molecular formula is C11H8ClN3O3. The number of pyridine rings is 1. The summed E-state index contributed by atoms with van der Waals surface area (Å²) >= 11 is 5.87. The predicted molar refractivity (Wildman–Crippen MR) is 66.8 cm³/mol. The fraction of sp³-hybridized carbons (Fsp3) is 0. The summed E-state index contributed by atoms with van der Waals surface area (Å²) in [5.74, 6) is 0.858. The van der Waals surface area contributed by atoms with Gasteiger partial charge < -0.3 is 10.5 Å². The third-order valence-corrected chi connectivity index (χ3v) is 2.38. The van der Waals surface area contributed by atoms with Gasteiger partial charge in [0.1, 0.15) is 11.6 Å². The first-order chi connectivity index (χ1) is 8.56. The highest BCUT2D eigenvalue weighted by atomic mass is 35.5. The van der Waals surface area contributed by atoms with Gasteiger partial charge in [-0.25, -0.2) is 0 Å². The number of anilines is 1. The van der Waals surface area contributed by atoms with Gasteiger partial charge in [-0.05, 0) is 12.1 Å². The number of nitrogens with zero attached hydrogens (tertiary/aromatic N) is 2. The van der Waals surface area contributed by atoms with Gasteiger partial charge in [0.05, 0.1) is 9.95 Å². The largest absolute Gasteiger partial charge is 0.437 e. The number of nitrogen functional groups attached to an aromatic ring is 1. The van der Waals surface area contributed by atoms with Gasteiger partial charge in [0, 0.05) is 18.2 Å². The molecule has 0 amide bonds. The Kier molecular flexibility index (Phi) is 3.29. The summed E-state index contributed by atoms with van der Waals surface area (Å²) in [5, 5.41) is 10.7. The topological polar surface area (TPSA) is 91.3 Å². The molecule has 1 aromatic carbocycles. The normalized spacial score (nSPS) is 10.1. The van der Waals surface area contributed by atoms with Crippen LogP contribution >= 0.6 is 11.6 Å². The Bertz CT molecular complexity index is 604.